The fraction of sp³-hybridized carbons (Fsp3) is 0.611. The number of carbonyl (C=O) groups excluding carboxylic acids is 1. The highest BCUT2D eigenvalue weighted by Crippen LogP contribution is 2.33. The van der Waals surface area contributed by atoms with Crippen LogP contribution in [0.15, 0.2) is 30.3 Å². The molecular weight excluding hydrogens is 260 g/mol. The molecule has 3 rings (SSSR count). The van der Waals surface area contributed by atoms with E-state index in [1.807, 2.05) is 30.3 Å². The highest BCUT2D eigenvalue weighted by Gasteiger charge is 2.37. The monoisotopic (exact) mass is 286 g/mol. The van der Waals surface area contributed by atoms with Crippen LogP contribution in [0.2, 0.25) is 0 Å². The average Bonchev–Trinajstić information content (AvgIpc) is 2.91. The number of nitrogens with zero attached hydrogens (tertiary/aromatic N) is 1. The minimum absolute atomic E-state index is 0.139. The van der Waals surface area contributed by atoms with E-state index in [0.29, 0.717) is 12.7 Å². The van der Waals surface area contributed by atoms with Gasteiger partial charge in [0.25, 0.3) is 0 Å². The maximum atomic E-state index is 12.7. The molecule has 21 heavy (non-hydrogen) atoms. The lowest BCUT2D eigenvalue weighted by Gasteiger charge is -2.34. The molecule has 0 aromatic heterocycles. The fourth-order valence-electron chi connectivity index (χ4n) is 3.89. The molecule has 1 aliphatic carbocycles. The predicted molar refractivity (Wildman–Crippen MR) is 84.7 cm³/mol. The van der Waals surface area contributed by atoms with E-state index in [0.717, 1.165) is 11.5 Å². The van der Waals surface area contributed by atoms with Gasteiger partial charge in [0.15, 0.2) is 0 Å². The van der Waals surface area contributed by atoms with E-state index in [-0.39, 0.29) is 11.9 Å². The van der Waals surface area contributed by atoms with Crippen LogP contribution >= 0.6 is 0 Å². The van der Waals surface area contributed by atoms with Gasteiger partial charge in [-0.05, 0) is 37.2 Å². The molecule has 3 nitrogen and oxygen atoms in total. The van der Waals surface area contributed by atoms with E-state index >= 15 is 0 Å². The van der Waals surface area contributed by atoms with Gasteiger partial charge in [-0.3, -0.25) is 10.1 Å². The first-order valence-electron chi connectivity index (χ1n) is 8.38. The van der Waals surface area contributed by atoms with E-state index in [9.17, 15) is 4.79 Å². The van der Waals surface area contributed by atoms with Crippen LogP contribution in [0.5, 0.6) is 0 Å². The quantitative estimate of drug-likeness (QED) is 0.919. The number of nitrogens with one attached hydrogen (secondary N) is 1. The number of benzene rings is 1. The average molecular weight is 286 g/mol. The van der Waals surface area contributed by atoms with E-state index in [2.05, 4.69) is 17.1 Å². The maximum Gasteiger partial charge on any atom is 0.245 e. The van der Waals surface area contributed by atoms with Gasteiger partial charge < -0.3 is 4.90 Å². The summed E-state index contributed by atoms with van der Waals surface area (Å²) in [5, 5.41) is 3.38. The van der Waals surface area contributed by atoms with Crippen LogP contribution in [0.25, 0.3) is 0 Å². The molecule has 2 aliphatic rings. The summed E-state index contributed by atoms with van der Waals surface area (Å²) in [6, 6.07) is 10.4. The Labute approximate surface area is 127 Å². The van der Waals surface area contributed by atoms with Crippen LogP contribution in [0.3, 0.4) is 0 Å². The zero-order valence-corrected chi connectivity index (χ0v) is 12.9. The molecule has 2 fully saturated rings. The standard InChI is InChI=1S/C18H26N2O/c1-2-6-14-9-11-16(12-10-14)20-13-19-17(18(20)21)15-7-4-3-5-8-15/h3-5,7-8,14,16-17,19H,2,6,9-13H2,1H3. The summed E-state index contributed by atoms with van der Waals surface area (Å²) in [5.74, 6) is 1.15. The first-order chi connectivity index (χ1) is 10.3. The third-order valence-corrected chi connectivity index (χ3v) is 5.08. The van der Waals surface area contributed by atoms with Crippen molar-refractivity contribution in [3.05, 3.63) is 35.9 Å². The summed E-state index contributed by atoms with van der Waals surface area (Å²) < 4.78 is 0. The normalized spacial score (nSPS) is 29.9. The molecule has 3 heteroatoms. The van der Waals surface area contributed by atoms with Gasteiger partial charge in [0, 0.05) is 6.04 Å². The fourth-order valence-corrected chi connectivity index (χ4v) is 3.89. The van der Waals surface area contributed by atoms with Gasteiger partial charge in [-0.2, -0.15) is 0 Å². The first-order valence-corrected chi connectivity index (χ1v) is 8.38. The Balaban J connectivity index is 1.60. The number of hydrogen-bond donors (Lipinski definition) is 1. The van der Waals surface area contributed by atoms with Gasteiger partial charge in [0.2, 0.25) is 5.91 Å². The van der Waals surface area contributed by atoms with Crippen molar-refractivity contribution in [2.24, 2.45) is 5.92 Å². The van der Waals surface area contributed by atoms with Crippen molar-refractivity contribution in [2.45, 2.75) is 57.5 Å². The molecule has 1 aliphatic heterocycles. The summed E-state index contributed by atoms with van der Waals surface area (Å²) in [7, 11) is 0. The number of hydrogen-bond acceptors (Lipinski definition) is 2. The largest absolute Gasteiger partial charge is 0.325 e. The molecule has 1 amide bonds. The second-order valence-corrected chi connectivity index (χ2v) is 6.48. The van der Waals surface area contributed by atoms with Gasteiger partial charge in [0.1, 0.15) is 6.04 Å². The van der Waals surface area contributed by atoms with Gasteiger partial charge in [-0.15, -0.1) is 0 Å². The minimum Gasteiger partial charge on any atom is -0.325 e. The molecule has 1 N–H and O–H groups in total. The van der Waals surface area contributed by atoms with Crippen LogP contribution in [-0.4, -0.2) is 23.5 Å². The molecule has 0 radical (unpaired) electrons. The molecule has 1 atom stereocenters. The number of amides is 1. The molecule has 1 aromatic rings. The van der Waals surface area contributed by atoms with Gasteiger partial charge in [0.05, 0.1) is 6.67 Å². The van der Waals surface area contributed by atoms with Crippen molar-refractivity contribution in [1.82, 2.24) is 10.2 Å². The van der Waals surface area contributed by atoms with Crippen molar-refractivity contribution in [2.75, 3.05) is 6.67 Å². The Morgan fingerprint density at radius 1 is 1.14 bits per heavy atom. The topological polar surface area (TPSA) is 32.3 Å². The highest BCUT2D eigenvalue weighted by atomic mass is 16.2. The van der Waals surface area contributed by atoms with Crippen LogP contribution in [0.1, 0.15) is 57.1 Å². The van der Waals surface area contributed by atoms with Crippen molar-refractivity contribution in [3.63, 3.8) is 0 Å². The molecule has 1 saturated carbocycles. The predicted octanol–water partition coefficient (Wildman–Crippen LogP) is 3.48. The lowest BCUT2D eigenvalue weighted by Crippen LogP contribution is -2.40. The van der Waals surface area contributed by atoms with Crippen molar-refractivity contribution in [1.29, 1.82) is 0 Å². The molecular formula is C18H26N2O. The Kier molecular flexibility index (Phi) is 4.59. The Bertz CT molecular complexity index is 465. The molecule has 0 spiro atoms. The second-order valence-electron chi connectivity index (χ2n) is 6.48. The Morgan fingerprint density at radius 3 is 2.52 bits per heavy atom. The first kappa shape index (κ1) is 14.6. The highest BCUT2D eigenvalue weighted by molar-refractivity contribution is 5.85. The van der Waals surface area contributed by atoms with Crippen molar-refractivity contribution < 1.29 is 4.79 Å². The third-order valence-electron chi connectivity index (χ3n) is 5.08. The van der Waals surface area contributed by atoms with Crippen LogP contribution in [-0.2, 0) is 4.79 Å². The Hall–Kier alpha value is -1.35. The van der Waals surface area contributed by atoms with Gasteiger partial charge in [-0.25, -0.2) is 0 Å². The lowest BCUT2D eigenvalue weighted by molar-refractivity contribution is -0.131. The molecule has 1 saturated heterocycles. The molecule has 1 heterocycles. The van der Waals surface area contributed by atoms with Crippen LogP contribution in [0, 0.1) is 5.92 Å². The van der Waals surface area contributed by atoms with E-state index in [1.165, 1.54) is 38.5 Å². The molecule has 114 valence electrons. The minimum atomic E-state index is -0.139. The number of rotatable bonds is 4. The van der Waals surface area contributed by atoms with Crippen molar-refractivity contribution in [3.8, 4) is 0 Å². The Morgan fingerprint density at radius 2 is 1.86 bits per heavy atom. The van der Waals surface area contributed by atoms with Crippen LogP contribution in [0.4, 0.5) is 0 Å². The second kappa shape index (κ2) is 6.61. The molecule has 0 bridgehead atoms. The van der Waals surface area contributed by atoms with Gasteiger partial charge >= 0.3 is 0 Å². The summed E-state index contributed by atoms with van der Waals surface area (Å²) in [4.78, 5) is 14.8. The van der Waals surface area contributed by atoms with Crippen LogP contribution < -0.4 is 5.32 Å². The van der Waals surface area contributed by atoms with E-state index < -0.39 is 0 Å². The number of carbonyl (C=O) groups is 1. The summed E-state index contributed by atoms with van der Waals surface area (Å²) in [6.07, 6.45) is 7.58. The SMILES string of the molecule is CCCC1CCC(N2CNC(c3ccccc3)C2=O)CC1. The van der Waals surface area contributed by atoms with Crippen molar-refractivity contribution >= 4 is 5.91 Å². The zero-order valence-electron chi connectivity index (χ0n) is 12.9. The van der Waals surface area contributed by atoms with Gasteiger partial charge in [-0.1, -0.05) is 50.1 Å². The van der Waals surface area contributed by atoms with E-state index in [4.69, 9.17) is 0 Å². The lowest BCUT2D eigenvalue weighted by atomic mass is 9.83. The zero-order chi connectivity index (χ0) is 14.7. The molecule has 1 unspecified atom stereocenters. The third kappa shape index (κ3) is 3.13. The van der Waals surface area contributed by atoms with E-state index in [1.54, 1.807) is 0 Å². The summed E-state index contributed by atoms with van der Waals surface area (Å²) >= 11 is 0. The molecule has 1 aromatic carbocycles. The summed E-state index contributed by atoms with van der Waals surface area (Å²) in [6.45, 7) is 2.98. The smallest absolute Gasteiger partial charge is 0.245 e. The summed E-state index contributed by atoms with van der Waals surface area (Å²) in [5.41, 5.74) is 1.09. The maximum absolute atomic E-state index is 12.7.